The van der Waals surface area contributed by atoms with Crippen LogP contribution in [0, 0.1) is 5.82 Å². The molecule has 1 amide bonds. The van der Waals surface area contributed by atoms with Gasteiger partial charge in [0.25, 0.3) is 5.91 Å². The van der Waals surface area contributed by atoms with Gasteiger partial charge in [0, 0.05) is 17.7 Å². The Morgan fingerprint density at radius 3 is 3.04 bits per heavy atom. The fraction of sp³-hybridized carbons (Fsp3) is 0.471. The average Bonchev–Trinajstić information content (AvgIpc) is 3.26. The van der Waals surface area contributed by atoms with Gasteiger partial charge in [-0.1, -0.05) is 11.3 Å². The first-order chi connectivity index (χ1) is 12.1. The number of halogens is 1. The van der Waals surface area contributed by atoms with Crippen LogP contribution in [0.15, 0.2) is 30.5 Å². The van der Waals surface area contributed by atoms with Crippen LogP contribution in [0.25, 0.3) is 0 Å². The molecular weight excluding hydrogens is 327 g/mol. The standard InChI is InChI=1S/C17H19FN4O3/c18-12-3-1-2-11(6-12)17(24)19-16-14(23)9-25-15(16)8-22-7-13(20-21-22)10-4-5-10/h1-3,6-7,10,14-16,23H,4-5,8-9H2,(H,19,24)/t14-,15+,16+/m0/s1. The van der Waals surface area contributed by atoms with Crippen molar-refractivity contribution in [3.8, 4) is 0 Å². The molecule has 2 heterocycles. The molecule has 8 heteroatoms. The van der Waals surface area contributed by atoms with Crippen LogP contribution in [0.5, 0.6) is 0 Å². The normalized spacial score (nSPS) is 25.9. The van der Waals surface area contributed by atoms with E-state index < -0.39 is 30.0 Å². The number of aliphatic hydroxyl groups excluding tert-OH is 1. The van der Waals surface area contributed by atoms with Crippen molar-refractivity contribution in [2.24, 2.45) is 0 Å². The lowest BCUT2D eigenvalue weighted by Crippen LogP contribution is -2.48. The second kappa shape index (κ2) is 6.53. The minimum Gasteiger partial charge on any atom is -0.388 e. The van der Waals surface area contributed by atoms with Gasteiger partial charge in [-0.3, -0.25) is 4.79 Å². The number of rotatable bonds is 5. The third-order valence-electron chi connectivity index (χ3n) is 4.60. The number of aromatic nitrogens is 3. The molecule has 0 unspecified atom stereocenters. The predicted molar refractivity (Wildman–Crippen MR) is 85.4 cm³/mol. The summed E-state index contributed by atoms with van der Waals surface area (Å²) in [5.41, 5.74) is 1.17. The Bertz CT molecular complexity index is 777. The monoisotopic (exact) mass is 346 g/mol. The highest BCUT2D eigenvalue weighted by Crippen LogP contribution is 2.38. The Balaban J connectivity index is 1.43. The summed E-state index contributed by atoms with van der Waals surface area (Å²) >= 11 is 0. The quantitative estimate of drug-likeness (QED) is 0.838. The van der Waals surface area contributed by atoms with Crippen molar-refractivity contribution in [2.75, 3.05) is 6.61 Å². The summed E-state index contributed by atoms with van der Waals surface area (Å²) in [6, 6.07) is 4.83. The molecule has 132 valence electrons. The highest BCUT2D eigenvalue weighted by Gasteiger charge is 2.38. The van der Waals surface area contributed by atoms with E-state index in [9.17, 15) is 14.3 Å². The van der Waals surface area contributed by atoms with E-state index in [2.05, 4.69) is 15.6 Å². The Kier molecular flexibility index (Phi) is 4.22. The highest BCUT2D eigenvalue weighted by atomic mass is 19.1. The molecule has 2 aromatic rings. The predicted octanol–water partition coefficient (Wildman–Crippen LogP) is 0.853. The van der Waals surface area contributed by atoms with E-state index in [4.69, 9.17) is 4.74 Å². The molecular formula is C17H19FN4O3. The number of hydrogen-bond donors (Lipinski definition) is 2. The van der Waals surface area contributed by atoms with E-state index in [1.165, 1.54) is 18.2 Å². The maximum absolute atomic E-state index is 13.3. The first kappa shape index (κ1) is 16.2. The lowest BCUT2D eigenvalue weighted by molar-refractivity contribution is 0.0711. The fourth-order valence-electron chi connectivity index (χ4n) is 3.05. The highest BCUT2D eigenvalue weighted by molar-refractivity contribution is 5.94. The molecule has 2 fully saturated rings. The second-order valence-corrected chi connectivity index (χ2v) is 6.59. The third kappa shape index (κ3) is 3.54. The molecule has 1 aliphatic heterocycles. The zero-order valence-corrected chi connectivity index (χ0v) is 13.5. The first-order valence-electron chi connectivity index (χ1n) is 8.36. The van der Waals surface area contributed by atoms with Crippen molar-refractivity contribution in [2.45, 2.75) is 43.6 Å². The summed E-state index contributed by atoms with van der Waals surface area (Å²) < 4.78 is 20.6. The molecule has 0 radical (unpaired) electrons. The van der Waals surface area contributed by atoms with Crippen LogP contribution in [0.3, 0.4) is 0 Å². The number of benzene rings is 1. The third-order valence-corrected chi connectivity index (χ3v) is 4.60. The van der Waals surface area contributed by atoms with Crippen molar-refractivity contribution in [3.63, 3.8) is 0 Å². The molecule has 1 aromatic carbocycles. The van der Waals surface area contributed by atoms with Gasteiger partial charge in [0.15, 0.2) is 0 Å². The molecule has 3 atom stereocenters. The van der Waals surface area contributed by atoms with Gasteiger partial charge in [-0.05, 0) is 31.0 Å². The number of carbonyl (C=O) groups is 1. The second-order valence-electron chi connectivity index (χ2n) is 6.59. The van der Waals surface area contributed by atoms with Crippen molar-refractivity contribution in [1.82, 2.24) is 20.3 Å². The molecule has 0 spiro atoms. The largest absolute Gasteiger partial charge is 0.388 e. The smallest absolute Gasteiger partial charge is 0.251 e. The summed E-state index contributed by atoms with van der Waals surface area (Å²) in [5, 5.41) is 21.1. The fourth-order valence-corrected chi connectivity index (χ4v) is 3.05. The molecule has 25 heavy (non-hydrogen) atoms. The number of ether oxygens (including phenoxy) is 1. The van der Waals surface area contributed by atoms with E-state index >= 15 is 0 Å². The molecule has 1 aromatic heterocycles. The summed E-state index contributed by atoms with van der Waals surface area (Å²) in [6.07, 6.45) is 2.92. The van der Waals surface area contributed by atoms with Crippen molar-refractivity contribution in [1.29, 1.82) is 0 Å². The van der Waals surface area contributed by atoms with Gasteiger partial charge in [-0.15, -0.1) is 5.10 Å². The minimum atomic E-state index is -0.825. The number of aliphatic hydroxyl groups is 1. The Labute approximate surface area is 143 Å². The summed E-state index contributed by atoms with van der Waals surface area (Å²) in [7, 11) is 0. The Hall–Kier alpha value is -2.32. The van der Waals surface area contributed by atoms with Gasteiger partial charge in [0.2, 0.25) is 0 Å². The maximum Gasteiger partial charge on any atom is 0.251 e. The minimum absolute atomic E-state index is 0.128. The Morgan fingerprint density at radius 1 is 1.44 bits per heavy atom. The number of carbonyl (C=O) groups excluding carboxylic acids is 1. The SMILES string of the molecule is O=C(N[C@@H]1[C@@H](O)CO[C@@H]1Cn1cc(C2CC2)nn1)c1cccc(F)c1. The summed E-state index contributed by atoms with van der Waals surface area (Å²) in [5.74, 6) is -0.425. The number of hydrogen-bond acceptors (Lipinski definition) is 5. The van der Waals surface area contributed by atoms with E-state index in [1.807, 2.05) is 6.20 Å². The molecule has 7 nitrogen and oxygen atoms in total. The number of nitrogens with zero attached hydrogens (tertiary/aromatic N) is 3. The number of amides is 1. The van der Waals surface area contributed by atoms with Crippen molar-refractivity contribution < 1.29 is 19.0 Å². The van der Waals surface area contributed by atoms with Crippen LogP contribution in [0.2, 0.25) is 0 Å². The van der Waals surface area contributed by atoms with Crippen LogP contribution in [0.1, 0.15) is 34.8 Å². The van der Waals surface area contributed by atoms with Crippen molar-refractivity contribution >= 4 is 5.91 Å². The topological polar surface area (TPSA) is 89.3 Å². The van der Waals surface area contributed by atoms with Gasteiger partial charge >= 0.3 is 0 Å². The molecule has 2 N–H and O–H groups in total. The zero-order valence-electron chi connectivity index (χ0n) is 13.5. The van der Waals surface area contributed by atoms with E-state index in [1.54, 1.807) is 4.68 Å². The van der Waals surface area contributed by atoms with E-state index in [-0.39, 0.29) is 12.2 Å². The van der Waals surface area contributed by atoms with Crippen LogP contribution in [-0.2, 0) is 11.3 Å². The molecule has 2 aliphatic rings. The van der Waals surface area contributed by atoms with Crippen LogP contribution >= 0.6 is 0 Å². The zero-order chi connectivity index (χ0) is 17.4. The van der Waals surface area contributed by atoms with Crippen LogP contribution in [-0.4, -0.2) is 50.9 Å². The lowest BCUT2D eigenvalue weighted by atomic mass is 10.1. The summed E-state index contributed by atoms with van der Waals surface area (Å²) in [6.45, 7) is 0.508. The van der Waals surface area contributed by atoms with E-state index in [0.717, 1.165) is 24.6 Å². The van der Waals surface area contributed by atoms with Crippen molar-refractivity contribution in [3.05, 3.63) is 47.5 Å². The summed E-state index contributed by atoms with van der Waals surface area (Å²) in [4.78, 5) is 12.3. The molecule has 1 saturated carbocycles. The molecule has 1 aliphatic carbocycles. The van der Waals surface area contributed by atoms with Gasteiger partial charge in [0.1, 0.15) is 18.0 Å². The van der Waals surface area contributed by atoms with Crippen LogP contribution < -0.4 is 5.32 Å². The van der Waals surface area contributed by atoms with Crippen LogP contribution in [0.4, 0.5) is 4.39 Å². The van der Waals surface area contributed by atoms with Gasteiger partial charge in [-0.25, -0.2) is 9.07 Å². The molecule has 0 bridgehead atoms. The maximum atomic E-state index is 13.3. The first-order valence-corrected chi connectivity index (χ1v) is 8.36. The van der Waals surface area contributed by atoms with Gasteiger partial charge in [-0.2, -0.15) is 0 Å². The Morgan fingerprint density at radius 2 is 2.28 bits per heavy atom. The average molecular weight is 346 g/mol. The lowest BCUT2D eigenvalue weighted by Gasteiger charge is -2.21. The van der Waals surface area contributed by atoms with Gasteiger partial charge in [0.05, 0.1) is 24.9 Å². The molecule has 4 rings (SSSR count). The van der Waals surface area contributed by atoms with Gasteiger partial charge < -0.3 is 15.2 Å². The molecule has 1 saturated heterocycles. The van der Waals surface area contributed by atoms with E-state index in [0.29, 0.717) is 12.5 Å². The number of nitrogens with one attached hydrogen (secondary N) is 1.